The molecule has 0 aromatic rings. The molecule has 8 heavy (non-hydrogen) atoms. The van der Waals surface area contributed by atoms with E-state index in [1.807, 2.05) is 13.0 Å². The number of hydrogen-bond acceptors (Lipinski definition) is 1. The van der Waals surface area contributed by atoms with E-state index in [1.54, 1.807) is 0 Å². The highest BCUT2D eigenvalue weighted by Gasteiger charge is 2.24. The molecule has 1 aliphatic carbocycles. The fourth-order valence-electron chi connectivity index (χ4n) is 0.786. The van der Waals surface area contributed by atoms with Gasteiger partial charge in [-0.05, 0) is 25.7 Å². The number of nitriles is 1. The summed E-state index contributed by atoms with van der Waals surface area (Å²) in [5.41, 5.74) is 0.977. The lowest BCUT2D eigenvalue weighted by atomic mass is 10.2. The fourth-order valence-corrected chi connectivity index (χ4v) is 0.786. The second-order valence-electron chi connectivity index (χ2n) is 2.13. The van der Waals surface area contributed by atoms with Crippen molar-refractivity contribution >= 4 is 0 Å². The maximum Gasteiger partial charge on any atom is 0.0946 e. The van der Waals surface area contributed by atoms with Gasteiger partial charge in [-0.3, -0.25) is 0 Å². The molecule has 0 atom stereocenters. The van der Waals surface area contributed by atoms with E-state index in [1.165, 1.54) is 12.8 Å². The Morgan fingerprint density at radius 3 is 2.50 bits per heavy atom. The van der Waals surface area contributed by atoms with Gasteiger partial charge in [0.15, 0.2) is 0 Å². The molecule has 1 heteroatoms. The summed E-state index contributed by atoms with van der Waals surface area (Å²) in [6.45, 7) is 1.93. The molecule has 1 fully saturated rings. The monoisotopic (exact) mass is 107 g/mol. The zero-order valence-corrected chi connectivity index (χ0v) is 5.02. The Bertz CT molecular complexity index is 146. The van der Waals surface area contributed by atoms with Crippen molar-refractivity contribution in [1.82, 2.24) is 0 Å². The van der Waals surface area contributed by atoms with Crippen LogP contribution in [0.15, 0.2) is 11.6 Å². The zero-order chi connectivity index (χ0) is 5.98. The molecule has 1 nitrogen and oxygen atoms in total. The van der Waals surface area contributed by atoms with Gasteiger partial charge < -0.3 is 0 Å². The van der Waals surface area contributed by atoms with Crippen LogP contribution in [0.4, 0.5) is 0 Å². The van der Waals surface area contributed by atoms with Gasteiger partial charge in [0, 0.05) is 5.57 Å². The summed E-state index contributed by atoms with van der Waals surface area (Å²) in [4.78, 5) is 0. The first-order valence-electron chi connectivity index (χ1n) is 2.94. The predicted octanol–water partition coefficient (Wildman–Crippen LogP) is 1.87. The van der Waals surface area contributed by atoms with E-state index in [0.29, 0.717) is 5.92 Å². The normalized spacial score (nSPS) is 20.2. The van der Waals surface area contributed by atoms with E-state index in [2.05, 4.69) is 6.07 Å². The molecule has 0 saturated heterocycles. The van der Waals surface area contributed by atoms with Crippen LogP contribution in [-0.4, -0.2) is 0 Å². The third-order valence-corrected chi connectivity index (χ3v) is 1.46. The van der Waals surface area contributed by atoms with Crippen molar-refractivity contribution in [1.29, 1.82) is 5.26 Å². The quantitative estimate of drug-likeness (QED) is 0.469. The van der Waals surface area contributed by atoms with Crippen LogP contribution in [0.25, 0.3) is 0 Å². The number of rotatable bonds is 1. The van der Waals surface area contributed by atoms with Gasteiger partial charge >= 0.3 is 0 Å². The lowest BCUT2D eigenvalue weighted by molar-refractivity contribution is 1.05. The molecule has 0 aromatic heterocycles. The molecule has 0 aliphatic heterocycles. The third kappa shape index (κ3) is 0.894. The first-order chi connectivity index (χ1) is 3.88. The van der Waals surface area contributed by atoms with Crippen molar-refractivity contribution in [2.45, 2.75) is 19.8 Å². The molecule has 0 heterocycles. The molecular formula is C7H9N. The molecular weight excluding hydrogens is 98.1 g/mol. The molecule has 0 aromatic carbocycles. The van der Waals surface area contributed by atoms with Gasteiger partial charge in [-0.1, -0.05) is 6.08 Å². The molecule has 1 saturated carbocycles. The summed E-state index contributed by atoms with van der Waals surface area (Å²) in [5.74, 6) is 0.630. The largest absolute Gasteiger partial charge is 0.193 e. The van der Waals surface area contributed by atoms with Crippen LogP contribution < -0.4 is 0 Å². The summed E-state index contributed by atoms with van der Waals surface area (Å²) in [6, 6.07) is 2.17. The molecule has 0 amide bonds. The summed E-state index contributed by atoms with van der Waals surface area (Å²) in [5, 5.41) is 8.42. The first-order valence-corrected chi connectivity index (χ1v) is 2.94. The van der Waals surface area contributed by atoms with E-state index < -0.39 is 0 Å². The Hall–Kier alpha value is -0.770. The SMILES string of the molecule is C/C=C(/C#N)C1CC1. The van der Waals surface area contributed by atoms with Gasteiger partial charge in [-0.15, -0.1) is 0 Å². The minimum atomic E-state index is 0.630. The molecule has 1 rings (SSSR count). The van der Waals surface area contributed by atoms with Crippen molar-refractivity contribution in [3.63, 3.8) is 0 Å². The number of allylic oxidation sites excluding steroid dienone is 2. The van der Waals surface area contributed by atoms with E-state index in [9.17, 15) is 0 Å². The maximum absolute atomic E-state index is 8.42. The Kier molecular flexibility index (Phi) is 1.34. The molecule has 0 radical (unpaired) electrons. The average molecular weight is 107 g/mol. The molecule has 0 spiro atoms. The van der Waals surface area contributed by atoms with E-state index in [4.69, 9.17) is 5.26 Å². The number of hydrogen-bond donors (Lipinski definition) is 0. The van der Waals surface area contributed by atoms with E-state index in [-0.39, 0.29) is 0 Å². The summed E-state index contributed by atoms with van der Waals surface area (Å²) in [6.07, 6.45) is 4.37. The van der Waals surface area contributed by atoms with Crippen molar-refractivity contribution in [3.8, 4) is 6.07 Å². The van der Waals surface area contributed by atoms with Crippen LogP contribution in [0.3, 0.4) is 0 Å². The van der Waals surface area contributed by atoms with Gasteiger partial charge in [0.1, 0.15) is 0 Å². The van der Waals surface area contributed by atoms with Gasteiger partial charge in [0.05, 0.1) is 6.07 Å². The Morgan fingerprint density at radius 2 is 2.38 bits per heavy atom. The topological polar surface area (TPSA) is 23.8 Å². The highest BCUT2D eigenvalue weighted by atomic mass is 14.3. The maximum atomic E-state index is 8.42. The van der Waals surface area contributed by atoms with Crippen LogP contribution in [0.2, 0.25) is 0 Å². The lowest BCUT2D eigenvalue weighted by Gasteiger charge is -1.85. The summed E-state index contributed by atoms with van der Waals surface area (Å²) in [7, 11) is 0. The smallest absolute Gasteiger partial charge is 0.0946 e. The van der Waals surface area contributed by atoms with Crippen LogP contribution in [0.5, 0.6) is 0 Å². The summed E-state index contributed by atoms with van der Waals surface area (Å²) < 4.78 is 0. The molecule has 0 unspecified atom stereocenters. The second kappa shape index (κ2) is 2.00. The minimum Gasteiger partial charge on any atom is -0.193 e. The van der Waals surface area contributed by atoms with Gasteiger partial charge in [0.25, 0.3) is 0 Å². The van der Waals surface area contributed by atoms with Crippen LogP contribution in [0.1, 0.15) is 19.8 Å². The number of nitrogens with zero attached hydrogens (tertiary/aromatic N) is 1. The average Bonchev–Trinajstić information content (AvgIpc) is 2.53. The second-order valence-corrected chi connectivity index (χ2v) is 2.13. The lowest BCUT2D eigenvalue weighted by Crippen LogP contribution is -1.76. The fraction of sp³-hybridized carbons (Fsp3) is 0.571. The molecule has 1 aliphatic rings. The third-order valence-electron chi connectivity index (χ3n) is 1.46. The van der Waals surface area contributed by atoms with Crippen molar-refractivity contribution in [2.75, 3.05) is 0 Å². The van der Waals surface area contributed by atoms with Crippen molar-refractivity contribution < 1.29 is 0 Å². The zero-order valence-electron chi connectivity index (χ0n) is 5.02. The van der Waals surface area contributed by atoms with E-state index >= 15 is 0 Å². The summed E-state index contributed by atoms with van der Waals surface area (Å²) >= 11 is 0. The van der Waals surface area contributed by atoms with Crippen LogP contribution >= 0.6 is 0 Å². The first kappa shape index (κ1) is 5.37. The van der Waals surface area contributed by atoms with Crippen molar-refractivity contribution in [2.24, 2.45) is 5.92 Å². The Balaban J connectivity index is 2.53. The van der Waals surface area contributed by atoms with Gasteiger partial charge in [-0.2, -0.15) is 5.26 Å². The minimum absolute atomic E-state index is 0.630. The van der Waals surface area contributed by atoms with Crippen LogP contribution in [-0.2, 0) is 0 Å². The Labute approximate surface area is 49.6 Å². The van der Waals surface area contributed by atoms with Gasteiger partial charge in [0.2, 0.25) is 0 Å². The standard InChI is InChI=1S/C7H9N/c1-2-6(5-8)7-3-4-7/h2,7H,3-4H2,1H3/b6-2-. The van der Waals surface area contributed by atoms with Gasteiger partial charge in [-0.25, -0.2) is 0 Å². The van der Waals surface area contributed by atoms with E-state index in [0.717, 1.165) is 5.57 Å². The Morgan fingerprint density at radius 1 is 1.75 bits per heavy atom. The highest BCUT2D eigenvalue weighted by Crippen LogP contribution is 2.35. The predicted molar refractivity (Wildman–Crippen MR) is 32.1 cm³/mol. The molecule has 42 valence electrons. The molecule has 0 bridgehead atoms. The highest BCUT2D eigenvalue weighted by molar-refractivity contribution is 5.26. The van der Waals surface area contributed by atoms with Crippen LogP contribution in [0, 0.1) is 17.2 Å². The van der Waals surface area contributed by atoms with Crippen molar-refractivity contribution in [3.05, 3.63) is 11.6 Å². The molecule has 0 N–H and O–H groups in total.